The summed E-state index contributed by atoms with van der Waals surface area (Å²) in [4.78, 5) is 0. The summed E-state index contributed by atoms with van der Waals surface area (Å²) in [5.74, 6) is 0.499. The monoisotopic (exact) mass is 284 g/mol. The first-order chi connectivity index (χ1) is 10.0. The molecule has 0 saturated heterocycles. The lowest BCUT2D eigenvalue weighted by molar-refractivity contribution is -0.0216. The molecular formula is C18H20O3. The van der Waals surface area contributed by atoms with Crippen molar-refractivity contribution < 1.29 is 15.3 Å². The molecule has 0 amide bonds. The van der Waals surface area contributed by atoms with E-state index < -0.39 is 12.2 Å². The summed E-state index contributed by atoms with van der Waals surface area (Å²) < 4.78 is 0. The SMILES string of the molecule is C[C@@]12CCc3c(ccc4cc(O)ccc34)[C@H]1C[C@H](O)[C@@H]2O. The first-order valence-electron chi connectivity index (χ1n) is 7.61. The van der Waals surface area contributed by atoms with Crippen LogP contribution in [-0.4, -0.2) is 27.5 Å². The molecule has 0 aliphatic heterocycles. The Morgan fingerprint density at radius 3 is 2.76 bits per heavy atom. The average molecular weight is 284 g/mol. The van der Waals surface area contributed by atoms with Crippen LogP contribution in [0, 0.1) is 5.41 Å². The van der Waals surface area contributed by atoms with Crippen LogP contribution in [0.1, 0.15) is 36.8 Å². The van der Waals surface area contributed by atoms with E-state index in [0.29, 0.717) is 6.42 Å². The standard InChI is InChI=1S/C18H20O3/c1-18-7-6-13-12-5-3-11(19)8-10(12)2-4-14(13)15(18)9-16(20)17(18)21/h2-5,8,15-17,19-21H,6-7,9H2,1H3/t15-,16+,17+,18-/m1/s1. The third-order valence-corrected chi connectivity index (χ3v) is 5.75. The Morgan fingerprint density at radius 1 is 1.14 bits per heavy atom. The second-order valence-electron chi connectivity index (χ2n) is 6.85. The lowest BCUT2D eigenvalue weighted by Crippen LogP contribution is -2.38. The zero-order chi connectivity index (χ0) is 14.8. The number of phenolic OH excluding ortho intramolecular Hbond substituents is 1. The van der Waals surface area contributed by atoms with Gasteiger partial charge in [0.2, 0.25) is 0 Å². The van der Waals surface area contributed by atoms with E-state index in [1.165, 1.54) is 16.5 Å². The maximum Gasteiger partial charge on any atom is 0.116 e. The molecule has 0 spiro atoms. The van der Waals surface area contributed by atoms with E-state index in [1.54, 1.807) is 12.1 Å². The number of rotatable bonds is 0. The molecule has 0 radical (unpaired) electrons. The maximum atomic E-state index is 10.3. The van der Waals surface area contributed by atoms with Gasteiger partial charge in [0, 0.05) is 5.41 Å². The molecule has 0 bridgehead atoms. The van der Waals surface area contributed by atoms with E-state index in [1.807, 2.05) is 12.1 Å². The predicted molar refractivity (Wildman–Crippen MR) is 81.4 cm³/mol. The smallest absolute Gasteiger partial charge is 0.116 e. The van der Waals surface area contributed by atoms with Gasteiger partial charge in [-0.2, -0.15) is 0 Å². The molecule has 1 fully saturated rings. The van der Waals surface area contributed by atoms with Crippen LogP contribution in [0.5, 0.6) is 5.75 Å². The van der Waals surface area contributed by atoms with Crippen LogP contribution in [0.3, 0.4) is 0 Å². The normalized spacial score (nSPS) is 34.7. The van der Waals surface area contributed by atoms with Crippen molar-refractivity contribution in [1.82, 2.24) is 0 Å². The minimum atomic E-state index is -0.633. The van der Waals surface area contributed by atoms with Gasteiger partial charge in [-0.3, -0.25) is 0 Å². The summed E-state index contributed by atoms with van der Waals surface area (Å²) in [7, 11) is 0. The Hall–Kier alpha value is -1.58. The van der Waals surface area contributed by atoms with Gasteiger partial charge in [-0.05, 0) is 59.2 Å². The Morgan fingerprint density at radius 2 is 1.95 bits per heavy atom. The quantitative estimate of drug-likeness (QED) is 0.697. The minimum Gasteiger partial charge on any atom is -0.508 e. The molecule has 1 saturated carbocycles. The lowest BCUT2D eigenvalue weighted by Gasteiger charge is -2.40. The number of phenols is 1. The summed E-state index contributed by atoms with van der Waals surface area (Å²) in [6.45, 7) is 2.10. The van der Waals surface area contributed by atoms with Gasteiger partial charge >= 0.3 is 0 Å². The second-order valence-corrected chi connectivity index (χ2v) is 6.85. The number of hydrogen-bond donors (Lipinski definition) is 3. The van der Waals surface area contributed by atoms with Gasteiger partial charge in [0.1, 0.15) is 5.75 Å². The largest absolute Gasteiger partial charge is 0.508 e. The second kappa shape index (κ2) is 4.21. The molecular weight excluding hydrogens is 264 g/mol. The molecule has 110 valence electrons. The van der Waals surface area contributed by atoms with E-state index in [2.05, 4.69) is 13.0 Å². The van der Waals surface area contributed by atoms with Crippen molar-refractivity contribution >= 4 is 10.8 Å². The Balaban J connectivity index is 1.91. The summed E-state index contributed by atoms with van der Waals surface area (Å²) in [6.07, 6.45) is 1.18. The number of aliphatic hydroxyl groups excluding tert-OH is 2. The van der Waals surface area contributed by atoms with Gasteiger partial charge in [-0.15, -0.1) is 0 Å². The van der Waals surface area contributed by atoms with Gasteiger partial charge in [-0.25, -0.2) is 0 Å². The third-order valence-electron chi connectivity index (χ3n) is 5.75. The van der Waals surface area contributed by atoms with Crippen molar-refractivity contribution in [2.45, 2.75) is 44.3 Å². The van der Waals surface area contributed by atoms with E-state index in [0.717, 1.165) is 18.2 Å². The highest BCUT2D eigenvalue weighted by Crippen LogP contribution is 2.56. The van der Waals surface area contributed by atoms with Crippen molar-refractivity contribution in [2.75, 3.05) is 0 Å². The number of fused-ring (bicyclic) bond motifs is 5. The highest BCUT2D eigenvalue weighted by atomic mass is 16.3. The van der Waals surface area contributed by atoms with Crippen LogP contribution in [0.4, 0.5) is 0 Å². The van der Waals surface area contributed by atoms with Gasteiger partial charge in [0.15, 0.2) is 0 Å². The first-order valence-corrected chi connectivity index (χ1v) is 7.61. The van der Waals surface area contributed by atoms with E-state index in [9.17, 15) is 15.3 Å². The zero-order valence-electron chi connectivity index (χ0n) is 12.1. The van der Waals surface area contributed by atoms with Crippen molar-refractivity contribution in [3.05, 3.63) is 41.5 Å². The van der Waals surface area contributed by atoms with E-state index in [4.69, 9.17) is 0 Å². The Bertz CT molecular complexity index is 724. The Kier molecular flexibility index (Phi) is 2.63. The average Bonchev–Trinajstić information content (AvgIpc) is 2.70. The zero-order valence-corrected chi connectivity index (χ0v) is 12.1. The van der Waals surface area contributed by atoms with E-state index >= 15 is 0 Å². The van der Waals surface area contributed by atoms with Crippen molar-refractivity contribution in [3.63, 3.8) is 0 Å². The predicted octanol–water partition coefficient (Wildman–Crippen LogP) is 2.71. The minimum absolute atomic E-state index is 0.212. The van der Waals surface area contributed by atoms with Crippen molar-refractivity contribution in [2.24, 2.45) is 5.41 Å². The van der Waals surface area contributed by atoms with Crippen molar-refractivity contribution in [3.8, 4) is 5.75 Å². The fourth-order valence-electron chi connectivity index (χ4n) is 4.49. The van der Waals surface area contributed by atoms with Crippen LogP contribution in [-0.2, 0) is 6.42 Å². The maximum absolute atomic E-state index is 10.3. The fraction of sp³-hybridized carbons (Fsp3) is 0.444. The lowest BCUT2D eigenvalue weighted by atomic mass is 9.65. The van der Waals surface area contributed by atoms with Crippen LogP contribution in [0.25, 0.3) is 10.8 Å². The molecule has 0 unspecified atom stereocenters. The van der Waals surface area contributed by atoms with Gasteiger partial charge in [0.05, 0.1) is 12.2 Å². The molecule has 2 aliphatic carbocycles. The number of aromatic hydroxyl groups is 1. The summed E-state index contributed by atoms with van der Waals surface area (Å²) in [5.41, 5.74) is 2.35. The molecule has 3 N–H and O–H groups in total. The molecule has 4 rings (SSSR count). The Labute approximate surface area is 123 Å². The van der Waals surface area contributed by atoms with Crippen LogP contribution < -0.4 is 0 Å². The third kappa shape index (κ3) is 1.68. The van der Waals surface area contributed by atoms with Crippen LogP contribution >= 0.6 is 0 Å². The molecule has 2 aliphatic rings. The number of aliphatic hydroxyl groups is 2. The molecule has 3 heteroatoms. The molecule has 2 aromatic rings. The molecule has 3 nitrogen and oxygen atoms in total. The first kappa shape index (κ1) is 13.1. The summed E-state index contributed by atoms with van der Waals surface area (Å²) in [6, 6.07) is 9.66. The van der Waals surface area contributed by atoms with Gasteiger partial charge < -0.3 is 15.3 Å². The molecule has 0 heterocycles. The summed E-state index contributed by atoms with van der Waals surface area (Å²) >= 11 is 0. The molecule has 2 aromatic carbocycles. The fourth-order valence-corrected chi connectivity index (χ4v) is 4.49. The summed E-state index contributed by atoms with van der Waals surface area (Å²) in [5, 5.41) is 32.3. The highest BCUT2D eigenvalue weighted by Gasteiger charge is 2.53. The van der Waals surface area contributed by atoms with Crippen LogP contribution in [0.15, 0.2) is 30.3 Å². The molecule has 0 aromatic heterocycles. The topological polar surface area (TPSA) is 60.7 Å². The molecule has 4 atom stereocenters. The highest BCUT2D eigenvalue weighted by molar-refractivity contribution is 5.88. The molecule has 21 heavy (non-hydrogen) atoms. The number of hydrogen-bond acceptors (Lipinski definition) is 3. The van der Waals surface area contributed by atoms with Gasteiger partial charge in [-0.1, -0.05) is 25.1 Å². The van der Waals surface area contributed by atoms with Gasteiger partial charge in [0.25, 0.3) is 0 Å². The number of aryl methyl sites for hydroxylation is 1. The van der Waals surface area contributed by atoms with E-state index in [-0.39, 0.29) is 17.1 Å². The van der Waals surface area contributed by atoms with Crippen LogP contribution in [0.2, 0.25) is 0 Å². The number of benzene rings is 2. The van der Waals surface area contributed by atoms with Crippen molar-refractivity contribution in [1.29, 1.82) is 0 Å².